The van der Waals surface area contributed by atoms with Crippen LogP contribution in [-0.4, -0.2) is 18.5 Å². The number of benzene rings is 1. The Morgan fingerprint density at radius 3 is 1.95 bits per heavy atom. The average Bonchev–Trinajstić information content (AvgIpc) is 2.29. The average molecular weight is 316 g/mol. The number of rotatable bonds is 2. The minimum atomic E-state index is -1.01. The summed E-state index contributed by atoms with van der Waals surface area (Å²) in [5.41, 5.74) is -0.0611. The molecule has 0 heterocycles. The van der Waals surface area contributed by atoms with Crippen LogP contribution >= 0.6 is 0 Å². The van der Waals surface area contributed by atoms with Gasteiger partial charge in [0.05, 0.1) is 0 Å². The summed E-state index contributed by atoms with van der Waals surface area (Å²) in [5.74, 6) is -1.25. The molecule has 0 bridgehead atoms. The van der Waals surface area contributed by atoms with E-state index >= 15 is 0 Å². The molecule has 5 heteroatoms. The van der Waals surface area contributed by atoms with Crippen molar-refractivity contribution in [2.75, 3.05) is 6.61 Å². The molecule has 0 N–H and O–H groups in total. The van der Waals surface area contributed by atoms with Crippen molar-refractivity contribution in [2.24, 2.45) is 5.41 Å². The fraction of sp³-hybridized carbons (Fsp3) is 0.429. The molecule has 0 atom stereocenters. The van der Waals surface area contributed by atoms with Crippen molar-refractivity contribution in [1.82, 2.24) is 0 Å². The molecule has 0 unspecified atom stereocenters. The molecule has 0 aromatic heterocycles. The number of carbonyl (C=O) groups is 2. The zero-order valence-corrected chi connectivity index (χ0v) is 14.8. The quantitative estimate of drug-likeness (QED) is 0.598. The third-order valence-electron chi connectivity index (χ3n) is 2.08. The fourth-order valence-electron chi connectivity index (χ4n) is 0.855. The topological polar surface area (TPSA) is 66.4 Å². The van der Waals surface area contributed by atoms with Crippen LogP contribution in [0.5, 0.6) is 0 Å². The van der Waals surface area contributed by atoms with E-state index < -0.39 is 11.4 Å². The van der Waals surface area contributed by atoms with Gasteiger partial charge in [0.1, 0.15) is 0 Å². The van der Waals surface area contributed by atoms with Crippen molar-refractivity contribution in [3.05, 3.63) is 29.8 Å². The summed E-state index contributed by atoms with van der Waals surface area (Å²) in [7, 11) is 0. The van der Waals surface area contributed by atoms with Gasteiger partial charge in [-0.25, -0.2) is 0 Å². The second-order valence-corrected chi connectivity index (χ2v) is 6.67. The molecule has 0 aliphatic heterocycles. The summed E-state index contributed by atoms with van der Waals surface area (Å²) in [5, 5.41) is 9.91. The van der Waals surface area contributed by atoms with E-state index in [1.165, 1.54) is 4.16 Å². The molecule has 0 aliphatic carbocycles. The van der Waals surface area contributed by atoms with Crippen LogP contribution in [-0.2, 0) is 27.8 Å². The van der Waals surface area contributed by atoms with Gasteiger partial charge in [-0.3, -0.25) is 0 Å². The number of carbonyl (C=O) groups excluding carboxylic acids is 2. The van der Waals surface area contributed by atoms with Gasteiger partial charge < -0.3 is 9.90 Å². The molecule has 1 aromatic carbocycles. The van der Waals surface area contributed by atoms with E-state index in [-0.39, 0.29) is 5.97 Å². The Hall–Kier alpha value is -1.22. The van der Waals surface area contributed by atoms with Crippen LogP contribution in [0.25, 0.3) is 0 Å². The molecule has 1 aromatic rings. The molecule has 100 valence electrons. The van der Waals surface area contributed by atoms with Crippen LogP contribution in [0.4, 0.5) is 0 Å². The Labute approximate surface area is 123 Å². The third kappa shape index (κ3) is 7.73. The molecule has 1 rings (SSSR count). The van der Waals surface area contributed by atoms with E-state index in [9.17, 15) is 14.7 Å². The molecule has 0 radical (unpaired) electrons. The van der Waals surface area contributed by atoms with Crippen LogP contribution in [0.1, 0.15) is 38.1 Å². The predicted molar refractivity (Wildman–Crippen MR) is 66.5 cm³/mol. The number of carboxylic acids is 1. The molecule has 0 saturated carbocycles. The molecule has 4 nitrogen and oxygen atoms in total. The second kappa shape index (κ2) is 8.05. The monoisotopic (exact) mass is 314 g/mol. The predicted octanol–water partition coefficient (Wildman–Crippen LogP) is 0.818. The Bertz CT molecular complexity index is 418. The van der Waals surface area contributed by atoms with E-state index in [1.54, 1.807) is 39.8 Å². The molecule has 0 fully saturated rings. The maximum absolute atomic E-state index is 11.1. The van der Waals surface area contributed by atoms with Crippen molar-refractivity contribution in [2.45, 2.75) is 27.7 Å². The summed E-state index contributed by atoms with van der Waals surface area (Å²) < 4.78 is 6.11. The van der Waals surface area contributed by atoms with Crippen molar-refractivity contribution in [3.63, 3.8) is 0 Å². The van der Waals surface area contributed by atoms with Gasteiger partial charge in [-0.05, 0) is 0 Å². The van der Waals surface area contributed by atoms with Gasteiger partial charge >= 0.3 is 81.3 Å². The van der Waals surface area contributed by atoms with Crippen LogP contribution < -0.4 is 9.26 Å². The molecule has 0 saturated heterocycles. The van der Waals surface area contributed by atoms with Gasteiger partial charge in [0.2, 0.25) is 0 Å². The van der Waals surface area contributed by atoms with E-state index in [4.69, 9.17) is 4.74 Å². The van der Waals surface area contributed by atoms with Crippen molar-refractivity contribution in [3.8, 4) is 0 Å². The van der Waals surface area contributed by atoms with Crippen molar-refractivity contribution in [1.29, 1.82) is 0 Å². The summed E-state index contributed by atoms with van der Waals surface area (Å²) in [6.07, 6.45) is 0. The normalized spacial score (nSPS) is 10.2. The first-order chi connectivity index (χ1) is 8.68. The molecular weight excluding hydrogens is 298 g/mol. The minimum absolute atomic E-state index is 0.238. The van der Waals surface area contributed by atoms with Crippen LogP contribution in [0.15, 0.2) is 24.3 Å². The first-order valence-corrected chi connectivity index (χ1v) is 7.47. The van der Waals surface area contributed by atoms with Crippen LogP contribution in [0.2, 0.25) is 0 Å². The first kappa shape index (κ1) is 17.8. The summed E-state index contributed by atoms with van der Waals surface area (Å²) in [6.45, 7) is 7.03. The Balaban J connectivity index is 0.000000399. The number of ether oxygens (including phenoxy) is 1. The molecule has 0 amide bonds. The number of esters is 1. The van der Waals surface area contributed by atoms with Gasteiger partial charge in [0, 0.05) is 11.4 Å². The molecule has 0 spiro atoms. The van der Waals surface area contributed by atoms with E-state index in [2.05, 4.69) is 0 Å². The fourth-order valence-corrected chi connectivity index (χ4v) is 1.35. The van der Waals surface area contributed by atoms with Gasteiger partial charge in [-0.1, -0.05) is 20.8 Å². The van der Waals surface area contributed by atoms with Gasteiger partial charge in [-0.15, -0.1) is 0 Å². The summed E-state index contributed by atoms with van der Waals surface area (Å²) in [6, 6.07) is 7.51. The first-order valence-electron chi connectivity index (χ1n) is 5.99. The van der Waals surface area contributed by atoms with E-state index in [0.29, 0.717) is 12.2 Å². The zero-order valence-electron chi connectivity index (χ0n) is 11.9. The van der Waals surface area contributed by atoms with E-state index in [1.807, 2.05) is 12.1 Å². The standard InChI is InChI=1S/C9H9O2.C5H10O2.Zn/c1-2-11-9(10)8-6-4-3-5-7-8;1-5(2,3)4(6)7;/h4-7H,2H2,1H3;1-3H3,(H,6,7);/q;;+1/p-1. The van der Waals surface area contributed by atoms with Crippen LogP contribution in [0.3, 0.4) is 0 Å². The zero-order chi connectivity index (χ0) is 15.1. The summed E-state index contributed by atoms with van der Waals surface area (Å²) >= 11 is 1.11. The Morgan fingerprint density at radius 2 is 1.63 bits per heavy atom. The maximum atomic E-state index is 11.1. The molecule has 0 aliphatic rings. The van der Waals surface area contributed by atoms with Crippen LogP contribution in [0, 0.1) is 5.41 Å². The SMILES string of the molecule is CC(C)(C)C(=O)[O-].CCOC(=O)c1cc[c]([Zn+])cc1. The molecule has 19 heavy (non-hydrogen) atoms. The van der Waals surface area contributed by atoms with Gasteiger partial charge in [-0.2, -0.15) is 0 Å². The van der Waals surface area contributed by atoms with E-state index in [0.717, 1.165) is 18.3 Å². The molecular formula is C14H18O4Zn. The van der Waals surface area contributed by atoms with Gasteiger partial charge in [0.25, 0.3) is 0 Å². The van der Waals surface area contributed by atoms with Crippen molar-refractivity contribution >= 4 is 16.1 Å². The number of hydrogen-bond donors (Lipinski definition) is 0. The second-order valence-electron chi connectivity index (χ2n) is 4.95. The van der Waals surface area contributed by atoms with Crippen molar-refractivity contribution < 1.29 is 37.7 Å². The summed E-state index contributed by atoms with van der Waals surface area (Å²) in [4.78, 5) is 21.1. The number of hydrogen-bond acceptors (Lipinski definition) is 4. The number of aliphatic carboxylic acids is 1. The third-order valence-corrected chi connectivity index (χ3v) is 3.07. The Morgan fingerprint density at radius 1 is 1.21 bits per heavy atom. The number of carboxylic acid groups (broad SMARTS) is 1. The van der Waals surface area contributed by atoms with Gasteiger partial charge in [0.15, 0.2) is 0 Å². The Kier molecular flexibility index (Phi) is 7.54.